The molecule has 1 atom stereocenters. The lowest BCUT2D eigenvalue weighted by molar-refractivity contribution is 0.147. The molecule has 0 saturated heterocycles. The van der Waals surface area contributed by atoms with Crippen LogP contribution in [-0.2, 0) is 19.9 Å². The van der Waals surface area contributed by atoms with Crippen LogP contribution in [0.4, 0.5) is 0 Å². The van der Waals surface area contributed by atoms with Gasteiger partial charge in [-0.3, -0.25) is 4.68 Å². The van der Waals surface area contributed by atoms with Crippen LogP contribution in [0.25, 0.3) is 0 Å². The molecule has 114 valence electrons. The van der Waals surface area contributed by atoms with Crippen molar-refractivity contribution in [2.45, 2.75) is 70.8 Å². The van der Waals surface area contributed by atoms with Crippen molar-refractivity contribution in [2.75, 3.05) is 0 Å². The summed E-state index contributed by atoms with van der Waals surface area (Å²) in [6, 6.07) is 0. The fourth-order valence-corrected chi connectivity index (χ4v) is 3.64. The second-order valence-electron chi connectivity index (χ2n) is 6.12. The Morgan fingerprint density at radius 2 is 2.05 bits per heavy atom. The molecule has 2 rings (SSSR count). The smallest absolute Gasteiger partial charge is 0.0850 e. The van der Waals surface area contributed by atoms with E-state index < -0.39 is 0 Å². The quantitative estimate of drug-likeness (QED) is 0.865. The first kappa shape index (κ1) is 15.8. The highest BCUT2D eigenvalue weighted by Gasteiger charge is 2.19. The van der Waals surface area contributed by atoms with Crippen molar-refractivity contribution in [3.05, 3.63) is 16.4 Å². The van der Waals surface area contributed by atoms with Crippen LogP contribution in [0.3, 0.4) is 0 Å². The van der Waals surface area contributed by atoms with E-state index in [9.17, 15) is 5.11 Å². The molecule has 0 radical (unpaired) electrons. The molecule has 1 fully saturated rings. The van der Waals surface area contributed by atoms with Crippen LogP contribution in [0.1, 0.15) is 63.3 Å². The highest BCUT2D eigenvalue weighted by Crippen LogP contribution is 2.29. The Hall–Kier alpha value is -0.540. The molecule has 1 N–H and O–H groups in total. The number of aromatic nitrogens is 2. The molecule has 0 bridgehead atoms. The van der Waals surface area contributed by atoms with Crippen LogP contribution in [-0.4, -0.2) is 21.0 Å². The molecule has 3 nitrogen and oxygen atoms in total. The van der Waals surface area contributed by atoms with Gasteiger partial charge in [0.1, 0.15) is 0 Å². The minimum Gasteiger partial charge on any atom is -0.393 e. The summed E-state index contributed by atoms with van der Waals surface area (Å²) in [5, 5.41) is 15.4. The van der Waals surface area contributed by atoms with E-state index in [1.54, 1.807) is 0 Å². The van der Waals surface area contributed by atoms with Crippen LogP contribution in [0.5, 0.6) is 0 Å². The number of aliphatic hydroxyl groups excluding tert-OH is 1. The summed E-state index contributed by atoms with van der Waals surface area (Å²) in [5.74, 6) is 0.826. The molecular weight excluding hydrogens is 272 g/mol. The van der Waals surface area contributed by atoms with Gasteiger partial charge in [0, 0.05) is 13.5 Å². The standard InChI is InChI=1S/C16H27ClN2O/c1-3-14-16(17)15(19(2)18-14)11-13(20)10-9-12-7-5-4-6-8-12/h12-13,20H,3-11H2,1-2H3. The van der Waals surface area contributed by atoms with E-state index in [1.807, 2.05) is 11.7 Å². The van der Waals surface area contributed by atoms with Crippen LogP contribution < -0.4 is 0 Å². The summed E-state index contributed by atoms with van der Waals surface area (Å²) >= 11 is 6.33. The normalized spacial score (nSPS) is 18.4. The molecule has 4 heteroatoms. The van der Waals surface area contributed by atoms with Crippen molar-refractivity contribution in [1.82, 2.24) is 9.78 Å². The third kappa shape index (κ3) is 3.98. The largest absolute Gasteiger partial charge is 0.393 e. The molecule has 0 amide bonds. The zero-order chi connectivity index (χ0) is 14.5. The summed E-state index contributed by atoms with van der Waals surface area (Å²) in [6.45, 7) is 2.05. The third-order valence-electron chi connectivity index (χ3n) is 4.56. The topological polar surface area (TPSA) is 38.0 Å². The Balaban J connectivity index is 1.84. The molecule has 1 unspecified atom stereocenters. The molecule has 0 aromatic carbocycles. The summed E-state index contributed by atoms with van der Waals surface area (Å²) < 4.78 is 1.82. The average Bonchev–Trinajstić information content (AvgIpc) is 2.73. The summed E-state index contributed by atoms with van der Waals surface area (Å²) in [7, 11) is 1.91. The molecule has 1 aliphatic rings. The van der Waals surface area contributed by atoms with Crippen LogP contribution in [0.2, 0.25) is 5.02 Å². The van der Waals surface area contributed by atoms with Gasteiger partial charge in [0.25, 0.3) is 0 Å². The number of hydrogen-bond donors (Lipinski definition) is 1. The Bertz CT molecular complexity index is 424. The SMILES string of the molecule is CCc1nn(C)c(CC(O)CCC2CCCCC2)c1Cl. The van der Waals surface area contributed by atoms with Gasteiger partial charge >= 0.3 is 0 Å². The average molecular weight is 299 g/mol. The fraction of sp³-hybridized carbons (Fsp3) is 0.812. The van der Waals surface area contributed by atoms with Crippen LogP contribution in [0, 0.1) is 5.92 Å². The molecular formula is C16H27ClN2O. The Kier molecular flexibility index (Phi) is 5.91. The maximum Gasteiger partial charge on any atom is 0.0850 e. The first-order valence-electron chi connectivity index (χ1n) is 8.00. The van der Waals surface area contributed by atoms with E-state index in [0.29, 0.717) is 6.42 Å². The molecule has 1 heterocycles. The van der Waals surface area contributed by atoms with Gasteiger partial charge < -0.3 is 5.11 Å². The summed E-state index contributed by atoms with van der Waals surface area (Å²) in [4.78, 5) is 0. The first-order valence-corrected chi connectivity index (χ1v) is 8.38. The second-order valence-corrected chi connectivity index (χ2v) is 6.50. The number of aryl methyl sites for hydroxylation is 2. The van der Waals surface area contributed by atoms with E-state index >= 15 is 0 Å². The van der Waals surface area contributed by atoms with Gasteiger partial charge in [-0.15, -0.1) is 0 Å². The van der Waals surface area contributed by atoms with E-state index in [4.69, 9.17) is 11.6 Å². The van der Waals surface area contributed by atoms with Crippen molar-refractivity contribution >= 4 is 11.6 Å². The van der Waals surface area contributed by atoms with E-state index in [0.717, 1.165) is 41.6 Å². The van der Waals surface area contributed by atoms with Gasteiger partial charge in [-0.25, -0.2) is 0 Å². The number of aliphatic hydroxyl groups is 1. The minimum absolute atomic E-state index is 0.297. The minimum atomic E-state index is -0.297. The zero-order valence-corrected chi connectivity index (χ0v) is 13.5. The monoisotopic (exact) mass is 298 g/mol. The number of halogens is 1. The second kappa shape index (κ2) is 7.46. The van der Waals surface area contributed by atoms with E-state index in [2.05, 4.69) is 12.0 Å². The number of rotatable bonds is 6. The van der Waals surface area contributed by atoms with Gasteiger partial charge in [-0.05, 0) is 25.2 Å². The van der Waals surface area contributed by atoms with Gasteiger partial charge in [-0.1, -0.05) is 50.6 Å². The summed E-state index contributed by atoms with van der Waals surface area (Å²) in [6.07, 6.45) is 10.0. The van der Waals surface area contributed by atoms with Crippen molar-refractivity contribution in [1.29, 1.82) is 0 Å². The highest BCUT2D eigenvalue weighted by atomic mass is 35.5. The molecule has 1 aromatic rings. The van der Waals surface area contributed by atoms with Crippen molar-refractivity contribution in [3.63, 3.8) is 0 Å². The maximum absolute atomic E-state index is 10.3. The molecule has 0 aliphatic heterocycles. The Morgan fingerprint density at radius 3 is 2.65 bits per heavy atom. The number of hydrogen-bond acceptors (Lipinski definition) is 2. The lowest BCUT2D eigenvalue weighted by Crippen LogP contribution is -2.16. The lowest BCUT2D eigenvalue weighted by Gasteiger charge is -2.22. The molecule has 1 aromatic heterocycles. The van der Waals surface area contributed by atoms with E-state index in [1.165, 1.54) is 32.1 Å². The third-order valence-corrected chi connectivity index (χ3v) is 5.00. The van der Waals surface area contributed by atoms with Crippen molar-refractivity contribution in [3.8, 4) is 0 Å². The fourth-order valence-electron chi connectivity index (χ4n) is 3.27. The van der Waals surface area contributed by atoms with Crippen molar-refractivity contribution < 1.29 is 5.11 Å². The number of nitrogens with zero attached hydrogens (tertiary/aromatic N) is 2. The van der Waals surface area contributed by atoms with Crippen LogP contribution >= 0.6 is 11.6 Å². The summed E-state index contributed by atoms with van der Waals surface area (Å²) in [5.41, 5.74) is 1.91. The zero-order valence-electron chi connectivity index (χ0n) is 12.7. The maximum atomic E-state index is 10.3. The van der Waals surface area contributed by atoms with Crippen molar-refractivity contribution in [2.24, 2.45) is 13.0 Å². The Labute approximate surface area is 127 Å². The van der Waals surface area contributed by atoms with E-state index in [-0.39, 0.29) is 6.10 Å². The Morgan fingerprint density at radius 1 is 1.35 bits per heavy atom. The highest BCUT2D eigenvalue weighted by molar-refractivity contribution is 6.31. The lowest BCUT2D eigenvalue weighted by atomic mass is 9.85. The predicted molar refractivity (Wildman–Crippen MR) is 83.1 cm³/mol. The van der Waals surface area contributed by atoms with Gasteiger partial charge in [0.2, 0.25) is 0 Å². The molecule has 1 saturated carbocycles. The van der Waals surface area contributed by atoms with Gasteiger partial charge in [0.05, 0.1) is 22.5 Å². The molecule has 20 heavy (non-hydrogen) atoms. The van der Waals surface area contributed by atoms with Crippen LogP contribution in [0.15, 0.2) is 0 Å². The molecule has 0 spiro atoms. The molecule has 1 aliphatic carbocycles. The van der Waals surface area contributed by atoms with Gasteiger partial charge in [-0.2, -0.15) is 5.10 Å². The van der Waals surface area contributed by atoms with Gasteiger partial charge in [0.15, 0.2) is 0 Å². The predicted octanol–water partition coefficient (Wildman–Crippen LogP) is 3.90. The first-order chi connectivity index (χ1) is 9.61.